The van der Waals surface area contributed by atoms with E-state index in [-0.39, 0.29) is 12.0 Å². The van der Waals surface area contributed by atoms with E-state index >= 15 is 0 Å². The smallest absolute Gasteiger partial charge is 0.251 e. The highest BCUT2D eigenvalue weighted by atomic mass is 16.5. The quantitative estimate of drug-likeness (QED) is 0.853. The SMILES string of the molecule is COc1ccc(C(=O)NCC(OC)c2cccc(OC)c2)cc1. The highest BCUT2D eigenvalue weighted by molar-refractivity contribution is 5.94. The van der Waals surface area contributed by atoms with Crippen LogP contribution in [0.4, 0.5) is 0 Å². The highest BCUT2D eigenvalue weighted by Crippen LogP contribution is 2.21. The maximum absolute atomic E-state index is 12.2. The Morgan fingerprint density at radius 1 is 1.00 bits per heavy atom. The Morgan fingerprint density at radius 2 is 1.70 bits per heavy atom. The van der Waals surface area contributed by atoms with Gasteiger partial charge < -0.3 is 19.5 Å². The van der Waals surface area contributed by atoms with Gasteiger partial charge in [0.2, 0.25) is 0 Å². The number of benzene rings is 2. The molecule has 1 unspecified atom stereocenters. The maximum Gasteiger partial charge on any atom is 0.251 e. The Bertz CT molecular complexity index is 640. The number of ether oxygens (including phenoxy) is 3. The highest BCUT2D eigenvalue weighted by Gasteiger charge is 2.14. The van der Waals surface area contributed by atoms with Crippen LogP contribution >= 0.6 is 0 Å². The second-order valence-electron chi connectivity index (χ2n) is 4.94. The molecule has 2 aromatic carbocycles. The number of rotatable bonds is 7. The second kappa shape index (κ2) is 8.19. The van der Waals surface area contributed by atoms with Crippen molar-refractivity contribution in [2.45, 2.75) is 6.10 Å². The van der Waals surface area contributed by atoms with Crippen LogP contribution < -0.4 is 14.8 Å². The van der Waals surface area contributed by atoms with E-state index < -0.39 is 0 Å². The molecule has 0 aliphatic rings. The Morgan fingerprint density at radius 3 is 2.30 bits per heavy atom. The van der Waals surface area contributed by atoms with E-state index in [9.17, 15) is 4.79 Å². The van der Waals surface area contributed by atoms with Gasteiger partial charge in [0, 0.05) is 19.2 Å². The van der Waals surface area contributed by atoms with Crippen LogP contribution in [0.5, 0.6) is 11.5 Å². The number of hydrogen-bond acceptors (Lipinski definition) is 4. The van der Waals surface area contributed by atoms with Crippen molar-refractivity contribution < 1.29 is 19.0 Å². The lowest BCUT2D eigenvalue weighted by atomic mass is 10.1. The van der Waals surface area contributed by atoms with Gasteiger partial charge in [0.25, 0.3) is 5.91 Å². The summed E-state index contributed by atoms with van der Waals surface area (Å²) in [7, 11) is 4.82. The first kappa shape index (κ1) is 16.8. The first-order valence-corrected chi connectivity index (χ1v) is 7.27. The van der Waals surface area contributed by atoms with Gasteiger partial charge in [-0.2, -0.15) is 0 Å². The molecule has 0 aliphatic heterocycles. The molecule has 0 saturated carbocycles. The molecule has 5 heteroatoms. The second-order valence-corrected chi connectivity index (χ2v) is 4.94. The molecule has 0 fully saturated rings. The molecule has 0 aromatic heterocycles. The van der Waals surface area contributed by atoms with Crippen LogP contribution in [0.1, 0.15) is 22.0 Å². The van der Waals surface area contributed by atoms with Gasteiger partial charge >= 0.3 is 0 Å². The monoisotopic (exact) mass is 315 g/mol. The summed E-state index contributed by atoms with van der Waals surface area (Å²) in [5, 5.41) is 2.88. The number of methoxy groups -OCH3 is 3. The molecule has 0 radical (unpaired) electrons. The molecule has 1 atom stereocenters. The number of carbonyl (C=O) groups excluding carboxylic acids is 1. The van der Waals surface area contributed by atoms with Crippen molar-refractivity contribution in [1.29, 1.82) is 0 Å². The Labute approximate surface area is 136 Å². The predicted molar refractivity (Wildman–Crippen MR) is 88.1 cm³/mol. The third-order valence-corrected chi connectivity index (χ3v) is 3.55. The maximum atomic E-state index is 12.2. The first-order chi connectivity index (χ1) is 11.2. The van der Waals surface area contributed by atoms with Crippen LogP contribution in [-0.2, 0) is 4.74 Å². The summed E-state index contributed by atoms with van der Waals surface area (Å²) in [6, 6.07) is 14.6. The zero-order valence-corrected chi connectivity index (χ0v) is 13.5. The van der Waals surface area contributed by atoms with Gasteiger partial charge in [-0.15, -0.1) is 0 Å². The van der Waals surface area contributed by atoms with Crippen LogP contribution in [0.2, 0.25) is 0 Å². The molecule has 0 bridgehead atoms. The minimum atomic E-state index is -0.243. The molecule has 2 rings (SSSR count). The zero-order chi connectivity index (χ0) is 16.7. The fourth-order valence-electron chi connectivity index (χ4n) is 2.21. The van der Waals surface area contributed by atoms with E-state index in [1.807, 2.05) is 24.3 Å². The summed E-state index contributed by atoms with van der Waals surface area (Å²) >= 11 is 0. The number of amides is 1. The van der Waals surface area contributed by atoms with Crippen LogP contribution in [0, 0.1) is 0 Å². The third kappa shape index (κ3) is 4.47. The largest absolute Gasteiger partial charge is 0.497 e. The van der Waals surface area contributed by atoms with Crippen LogP contribution in [0.3, 0.4) is 0 Å². The molecular formula is C18H21NO4. The Hall–Kier alpha value is -2.53. The molecule has 122 valence electrons. The van der Waals surface area contributed by atoms with Crippen molar-refractivity contribution in [2.24, 2.45) is 0 Å². The first-order valence-electron chi connectivity index (χ1n) is 7.27. The van der Waals surface area contributed by atoms with Gasteiger partial charge in [0.15, 0.2) is 0 Å². The van der Waals surface area contributed by atoms with Gasteiger partial charge in [0.05, 0.1) is 20.3 Å². The summed E-state index contributed by atoms with van der Waals surface area (Å²) < 4.78 is 15.8. The average molecular weight is 315 g/mol. The van der Waals surface area contributed by atoms with Crippen LogP contribution in [0.25, 0.3) is 0 Å². The summed E-state index contributed by atoms with van der Waals surface area (Å²) in [6.45, 7) is 0.370. The van der Waals surface area contributed by atoms with Crippen LogP contribution in [-0.4, -0.2) is 33.8 Å². The average Bonchev–Trinajstić information content (AvgIpc) is 2.62. The Balaban J connectivity index is 2.00. The summed E-state index contributed by atoms with van der Waals surface area (Å²) in [5.41, 5.74) is 1.52. The molecule has 0 saturated heterocycles. The Kier molecular flexibility index (Phi) is 6.00. The molecule has 0 aliphatic carbocycles. The van der Waals surface area contributed by atoms with Crippen molar-refractivity contribution in [1.82, 2.24) is 5.32 Å². The van der Waals surface area contributed by atoms with Crippen molar-refractivity contribution in [3.63, 3.8) is 0 Å². The molecule has 23 heavy (non-hydrogen) atoms. The molecular weight excluding hydrogens is 294 g/mol. The standard InChI is InChI=1S/C18H21NO4/c1-21-15-9-7-13(8-10-15)18(20)19-12-17(23-3)14-5-4-6-16(11-14)22-2/h4-11,17H,12H2,1-3H3,(H,19,20). The van der Waals surface area contributed by atoms with Gasteiger partial charge in [0.1, 0.15) is 11.5 Å². The molecule has 5 nitrogen and oxygen atoms in total. The predicted octanol–water partition coefficient (Wildman–Crippen LogP) is 2.82. The van der Waals surface area contributed by atoms with Crippen LogP contribution in [0.15, 0.2) is 48.5 Å². The molecule has 0 spiro atoms. The molecule has 1 N–H and O–H groups in total. The summed E-state index contributed by atoms with van der Waals surface area (Å²) in [6.07, 6.45) is -0.243. The van der Waals surface area contributed by atoms with E-state index in [1.165, 1.54) is 0 Å². The minimum Gasteiger partial charge on any atom is -0.497 e. The minimum absolute atomic E-state index is 0.155. The zero-order valence-electron chi connectivity index (χ0n) is 13.5. The van der Waals surface area contributed by atoms with Crippen molar-refractivity contribution in [2.75, 3.05) is 27.9 Å². The summed E-state index contributed by atoms with van der Waals surface area (Å²) in [5.74, 6) is 1.32. The van der Waals surface area contributed by atoms with E-state index in [1.54, 1.807) is 45.6 Å². The van der Waals surface area contributed by atoms with Gasteiger partial charge in [-0.1, -0.05) is 12.1 Å². The van der Waals surface area contributed by atoms with E-state index in [0.29, 0.717) is 17.9 Å². The lowest BCUT2D eigenvalue weighted by Gasteiger charge is -2.17. The molecule has 1 amide bonds. The third-order valence-electron chi connectivity index (χ3n) is 3.55. The fourth-order valence-corrected chi connectivity index (χ4v) is 2.21. The lowest BCUT2D eigenvalue weighted by Crippen LogP contribution is -2.29. The van der Waals surface area contributed by atoms with Crippen molar-refractivity contribution in [3.8, 4) is 11.5 Å². The number of carbonyl (C=O) groups is 1. The van der Waals surface area contributed by atoms with E-state index in [2.05, 4.69) is 5.32 Å². The van der Waals surface area contributed by atoms with Crippen molar-refractivity contribution in [3.05, 3.63) is 59.7 Å². The normalized spacial score (nSPS) is 11.6. The van der Waals surface area contributed by atoms with Gasteiger partial charge in [-0.25, -0.2) is 0 Å². The van der Waals surface area contributed by atoms with E-state index in [0.717, 1.165) is 11.3 Å². The van der Waals surface area contributed by atoms with Gasteiger partial charge in [-0.3, -0.25) is 4.79 Å². The van der Waals surface area contributed by atoms with Gasteiger partial charge in [-0.05, 0) is 42.0 Å². The summed E-state index contributed by atoms with van der Waals surface area (Å²) in [4.78, 5) is 12.2. The van der Waals surface area contributed by atoms with Crippen molar-refractivity contribution >= 4 is 5.91 Å². The molecule has 2 aromatic rings. The number of hydrogen-bond donors (Lipinski definition) is 1. The topological polar surface area (TPSA) is 56.8 Å². The fraction of sp³-hybridized carbons (Fsp3) is 0.278. The van der Waals surface area contributed by atoms with E-state index in [4.69, 9.17) is 14.2 Å². The molecule has 0 heterocycles. The number of nitrogens with one attached hydrogen (secondary N) is 1. The lowest BCUT2D eigenvalue weighted by molar-refractivity contribution is 0.0827.